The summed E-state index contributed by atoms with van der Waals surface area (Å²) in [6.45, 7) is 3.76. The van der Waals surface area contributed by atoms with Crippen LogP contribution in [0, 0.1) is 11.7 Å². The number of halogens is 1. The number of hydrogen-bond donors (Lipinski definition) is 0. The topological polar surface area (TPSA) is 70.2 Å². The smallest absolute Gasteiger partial charge is 0.325 e. The van der Waals surface area contributed by atoms with Crippen molar-refractivity contribution in [1.82, 2.24) is 9.80 Å². The third kappa shape index (κ3) is 4.20. The maximum absolute atomic E-state index is 13.9. The van der Waals surface area contributed by atoms with Gasteiger partial charge in [0.2, 0.25) is 5.91 Å². The molecule has 0 unspecified atom stereocenters. The van der Waals surface area contributed by atoms with E-state index in [-0.39, 0.29) is 36.1 Å². The fraction of sp³-hybridized carbons (Fsp3) is 0.526. The molecule has 2 fully saturated rings. The van der Waals surface area contributed by atoms with Crippen molar-refractivity contribution in [2.24, 2.45) is 5.92 Å². The van der Waals surface area contributed by atoms with E-state index in [0.29, 0.717) is 45.6 Å². The molecule has 0 N–H and O–H groups in total. The zero-order chi connectivity index (χ0) is 19.4. The second-order valence-electron chi connectivity index (χ2n) is 6.71. The van der Waals surface area contributed by atoms with Crippen LogP contribution in [0.15, 0.2) is 24.3 Å². The minimum Gasteiger partial charge on any atom is -0.466 e. The molecule has 146 valence electrons. The summed E-state index contributed by atoms with van der Waals surface area (Å²) in [6, 6.07) is 5.74. The summed E-state index contributed by atoms with van der Waals surface area (Å²) in [5.41, 5.74) is 0.229. The number of hydrogen-bond acceptors (Lipinski definition) is 4. The van der Waals surface area contributed by atoms with Gasteiger partial charge in [-0.25, -0.2) is 9.18 Å². The molecule has 0 aliphatic carbocycles. The molecule has 3 rings (SSSR count). The molecule has 1 aromatic carbocycles. The number of nitrogens with zero attached hydrogens (tertiary/aromatic N) is 3. The van der Waals surface area contributed by atoms with Gasteiger partial charge in [0.25, 0.3) is 0 Å². The molecule has 0 bridgehead atoms. The number of likely N-dealkylation sites (tertiary alicyclic amines) is 1. The maximum atomic E-state index is 13.9. The average Bonchev–Trinajstić information content (AvgIpc) is 3.03. The molecule has 0 atom stereocenters. The molecular weight excluding hydrogens is 353 g/mol. The Labute approximate surface area is 157 Å². The van der Waals surface area contributed by atoms with Gasteiger partial charge in [-0.05, 0) is 31.9 Å². The molecule has 2 aliphatic heterocycles. The average molecular weight is 377 g/mol. The van der Waals surface area contributed by atoms with E-state index in [1.54, 1.807) is 30.0 Å². The molecular formula is C19H24FN3O4. The Hall–Kier alpha value is -2.64. The van der Waals surface area contributed by atoms with Crippen LogP contribution in [0.3, 0.4) is 0 Å². The first-order valence-corrected chi connectivity index (χ1v) is 9.26. The number of para-hydroxylation sites is 1. The number of rotatable bonds is 5. The minimum atomic E-state index is -0.458. The van der Waals surface area contributed by atoms with E-state index in [9.17, 15) is 18.8 Å². The van der Waals surface area contributed by atoms with Crippen LogP contribution in [-0.4, -0.2) is 67.0 Å². The first-order valence-electron chi connectivity index (χ1n) is 9.26. The summed E-state index contributed by atoms with van der Waals surface area (Å²) in [7, 11) is 0. The van der Waals surface area contributed by atoms with Crippen molar-refractivity contribution in [3.63, 3.8) is 0 Å². The number of carbonyl (C=O) groups is 3. The fourth-order valence-electron chi connectivity index (χ4n) is 3.51. The molecule has 0 aromatic heterocycles. The molecule has 2 heterocycles. The van der Waals surface area contributed by atoms with Crippen molar-refractivity contribution in [3.05, 3.63) is 30.1 Å². The number of urea groups is 1. The van der Waals surface area contributed by atoms with E-state index in [0.717, 1.165) is 0 Å². The van der Waals surface area contributed by atoms with Gasteiger partial charge in [0.1, 0.15) is 12.4 Å². The lowest BCUT2D eigenvalue weighted by molar-refractivity contribution is -0.151. The largest absolute Gasteiger partial charge is 0.466 e. The van der Waals surface area contributed by atoms with Crippen LogP contribution >= 0.6 is 0 Å². The van der Waals surface area contributed by atoms with Crippen molar-refractivity contribution < 1.29 is 23.5 Å². The highest BCUT2D eigenvalue weighted by Crippen LogP contribution is 2.24. The van der Waals surface area contributed by atoms with Gasteiger partial charge in [-0.1, -0.05) is 12.1 Å². The highest BCUT2D eigenvalue weighted by molar-refractivity contribution is 5.96. The van der Waals surface area contributed by atoms with Gasteiger partial charge in [0, 0.05) is 26.2 Å². The SMILES string of the molecule is CCOC(=O)C1CCN(C(=O)CN2CCN(c3ccccc3F)C2=O)CC1. The predicted octanol–water partition coefficient (Wildman–Crippen LogP) is 1.87. The molecule has 1 aromatic rings. The number of amides is 3. The summed E-state index contributed by atoms with van der Waals surface area (Å²) < 4.78 is 19.0. The summed E-state index contributed by atoms with van der Waals surface area (Å²) in [4.78, 5) is 41.3. The number of piperidine rings is 1. The highest BCUT2D eigenvalue weighted by atomic mass is 19.1. The monoisotopic (exact) mass is 377 g/mol. The van der Waals surface area contributed by atoms with Crippen LogP contribution in [-0.2, 0) is 14.3 Å². The Kier molecular flexibility index (Phi) is 5.93. The van der Waals surface area contributed by atoms with Gasteiger partial charge >= 0.3 is 12.0 Å². The van der Waals surface area contributed by atoms with Crippen LogP contribution in [0.5, 0.6) is 0 Å². The van der Waals surface area contributed by atoms with Crippen molar-refractivity contribution in [2.75, 3.05) is 44.2 Å². The van der Waals surface area contributed by atoms with E-state index in [1.807, 2.05) is 0 Å². The summed E-state index contributed by atoms with van der Waals surface area (Å²) in [5.74, 6) is -0.986. The van der Waals surface area contributed by atoms with E-state index in [2.05, 4.69) is 0 Å². The van der Waals surface area contributed by atoms with Gasteiger partial charge < -0.3 is 14.5 Å². The molecule has 2 aliphatic rings. The van der Waals surface area contributed by atoms with E-state index >= 15 is 0 Å². The Morgan fingerprint density at radius 3 is 2.52 bits per heavy atom. The van der Waals surface area contributed by atoms with Crippen molar-refractivity contribution >= 4 is 23.6 Å². The first kappa shape index (κ1) is 19.1. The van der Waals surface area contributed by atoms with E-state index in [4.69, 9.17) is 4.74 Å². The highest BCUT2D eigenvalue weighted by Gasteiger charge is 2.34. The summed E-state index contributed by atoms with van der Waals surface area (Å²) in [6.07, 6.45) is 1.14. The zero-order valence-corrected chi connectivity index (χ0v) is 15.4. The van der Waals surface area contributed by atoms with E-state index < -0.39 is 5.82 Å². The molecule has 0 saturated carbocycles. The van der Waals surface area contributed by atoms with Crippen LogP contribution in [0.2, 0.25) is 0 Å². The second-order valence-corrected chi connectivity index (χ2v) is 6.71. The number of benzene rings is 1. The van der Waals surface area contributed by atoms with Gasteiger partial charge in [-0.15, -0.1) is 0 Å². The third-order valence-corrected chi connectivity index (χ3v) is 5.03. The van der Waals surface area contributed by atoms with Crippen molar-refractivity contribution in [3.8, 4) is 0 Å². The maximum Gasteiger partial charge on any atom is 0.325 e. The van der Waals surface area contributed by atoms with Crippen LogP contribution in [0.1, 0.15) is 19.8 Å². The van der Waals surface area contributed by atoms with Crippen LogP contribution in [0.4, 0.5) is 14.9 Å². The normalized spacial score (nSPS) is 18.1. The van der Waals surface area contributed by atoms with Crippen molar-refractivity contribution in [2.45, 2.75) is 19.8 Å². The standard InChI is InChI=1S/C19H24FN3O4/c1-2-27-18(25)14-7-9-21(10-8-14)17(24)13-22-11-12-23(19(22)26)16-6-4-3-5-15(16)20/h3-6,14H,2,7-13H2,1H3. The lowest BCUT2D eigenvalue weighted by atomic mass is 9.97. The Balaban J connectivity index is 1.53. The molecule has 0 spiro atoms. The molecule has 2 saturated heterocycles. The van der Waals surface area contributed by atoms with Gasteiger partial charge in [0.05, 0.1) is 18.2 Å². The Bertz CT molecular complexity index is 719. The Morgan fingerprint density at radius 1 is 1.15 bits per heavy atom. The number of carbonyl (C=O) groups excluding carboxylic acids is 3. The predicted molar refractivity (Wildman–Crippen MR) is 96.7 cm³/mol. The number of ether oxygens (including phenoxy) is 1. The van der Waals surface area contributed by atoms with Crippen LogP contribution < -0.4 is 4.90 Å². The lowest BCUT2D eigenvalue weighted by Crippen LogP contribution is -2.46. The molecule has 7 nitrogen and oxygen atoms in total. The van der Waals surface area contributed by atoms with Gasteiger partial charge in [-0.2, -0.15) is 0 Å². The lowest BCUT2D eigenvalue weighted by Gasteiger charge is -2.32. The molecule has 27 heavy (non-hydrogen) atoms. The van der Waals surface area contributed by atoms with E-state index in [1.165, 1.54) is 15.9 Å². The fourth-order valence-corrected chi connectivity index (χ4v) is 3.51. The van der Waals surface area contributed by atoms with Gasteiger partial charge in [-0.3, -0.25) is 14.5 Å². The minimum absolute atomic E-state index is 0.0339. The number of anilines is 1. The van der Waals surface area contributed by atoms with Crippen molar-refractivity contribution in [1.29, 1.82) is 0 Å². The summed E-state index contributed by atoms with van der Waals surface area (Å²) >= 11 is 0. The third-order valence-electron chi connectivity index (χ3n) is 5.03. The second kappa shape index (κ2) is 8.37. The quantitative estimate of drug-likeness (QED) is 0.735. The Morgan fingerprint density at radius 2 is 1.85 bits per heavy atom. The first-order chi connectivity index (χ1) is 13.0. The number of esters is 1. The van der Waals surface area contributed by atoms with Gasteiger partial charge in [0.15, 0.2) is 0 Å². The summed E-state index contributed by atoms with van der Waals surface area (Å²) in [5, 5.41) is 0. The molecule has 3 amide bonds. The zero-order valence-electron chi connectivity index (χ0n) is 15.4. The molecule has 8 heteroatoms. The van der Waals surface area contributed by atoms with Crippen LogP contribution in [0.25, 0.3) is 0 Å². The molecule has 0 radical (unpaired) electrons.